The van der Waals surface area contributed by atoms with Gasteiger partial charge in [-0.2, -0.15) is 4.98 Å². The number of methoxy groups -OCH3 is 1. The van der Waals surface area contributed by atoms with Gasteiger partial charge in [-0.25, -0.2) is 0 Å². The topological polar surface area (TPSA) is 82.5 Å². The third kappa shape index (κ3) is 4.80. The summed E-state index contributed by atoms with van der Waals surface area (Å²) >= 11 is 1.45. The Bertz CT molecular complexity index is 1330. The number of thioether (sulfide) groups is 1. The molecule has 34 heavy (non-hydrogen) atoms. The summed E-state index contributed by atoms with van der Waals surface area (Å²) in [6.07, 6.45) is 5.41. The van der Waals surface area contributed by atoms with Crippen LogP contribution in [0.5, 0.6) is 11.5 Å². The van der Waals surface area contributed by atoms with Crippen molar-refractivity contribution >= 4 is 23.5 Å². The Labute approximate surface area is 202 Å². The Balaban J connectivity index is 1.69. The van der Waals surface area contributed by atoms with E-state index in [-0.39, 0.29) is 24.5 Å². The number of terminal acetylenes is 1. The fourth-order valence-corrected chi connectivity index (χ4v) is 4.84. The van der Waals surface area contributed by atoms with Crippen LogP contribution < -0.4 is 20.3 Å². The number of amides is 1. The van der Waals surface area contributed by atoms with Crippen LogP contribution in [0.2, 0.25) is 0 Å². The normalized spacial score (nSPS) is 14.6. The van der Waals surface area contributed by atoms with E-state index >= 15 is 0 Å². The number of hydrogen-bond donors (Lipinski definition) is 1. The van der Waals surface area contributed by atoms with Gasteiger partial charge >= 0.3 is 0 Å². The number of fused-ring (bicyclic) bond motifs is 1. The lowest BCUT2D eigenvalue weighted by atomic mass is 9.86. The van der Waals surface area contributed by atoms with Gasteiger partial charge in [0.2, 0.25) is 5.91 Å². The lowest BCUT2D eigenvalue weighted by molar-refractivity contribution is -0.116. The van der Waals surface area contributed by atoms with E-state index in [0.29, 0.717) is 33.8 Å². The van der Waals surface area contributed by atoms with Crippen molar-refractivity contribution in [2.45, 2.75) is 30.2 Å². The summed E-state index contributed by atoms with van der Waals surface area (Å²) in [6.45, 7) is 2.15. The minimum atomic E-state index is -0.457. The highest BCUT2D eigenvalue weighted by Crippen LogP contribution is 2.39. The number of anilines is 1. The van der Waals surface area contributed by atoms with E-state index in [9.17, 15) is 9.59 Å². The van der Waals surface area contributed by atoms with Crippen molar-refractivity contribution in [3.8, 4) is 23.8 Å². The Morgan fingerprint density at radius 3 is 2.68 bits per heavy atom. The number of hydrogen-bond acceptors (Lipinski definition) is 6. The predicted molar refractivity (Wildman–Crippen MR) is 133 cm³/mol. The summed E-state index contributed by atoms with van der Waals surface area (Å²) in [6, 6.07) is 13.6. The zero-order valence-electron chi connectivity index (χ0n) is 19.3. The molecule has 0 unspecified atom stereocenters. The van der Waals surface area contributed by atoms with Crippen LogP contribution in [-0.2, 0) is 17.6 Å². The lowest BCUT2D eigenvalue weighted by Crippen LogP contribution is -2.33. The second kappa shape index (κ2) is 10.1. The Morgan fingerprint density at radius 1 is 1.21 bits per heavy atom. The molecule has 0 saturated carbocycles. The third-order valence-corrected chi connectivity index (χ3v) is 6.79. The molecule has 2 aromatic carbocycles. The Kier molecular flexibility index (Phi) is 6.94. The van der Waals surface area contributed by atoms with Gasteiger partial charge in [0, 0.05) is 25.1 Å². The molecule has 8 heteroatoms. The summed E-state index contributed by atoms with van der Waals surface area (Å²) < 4.78 is 12.7. The van der Waals surface area contributed by atoms with Crippen molar-refractivity contribution in [3.63, 3.8) is 0 Å². The SMILES string of the molecule is C#CCOc1ccc([C@H]2CC(=O)Nc3c2c(=O)nc(SCc2ccc(C)cc2)n3C)cc1OC. The molecule has 1 aromatic heterocycles. The van der Waals surface area contributed by atoms with Crippen molar-refractivity contribution in [2.75, 3.05) is 19.0 Å². The van der Waals surface area contributed by atoms with Crippen LogP contribution in [0.25, 0.3) is 0 Å². The van der Waals surface area contributed by atoms with Crippen LogP contribution in [0.3, 0.4) is 0 Å². The molecule has 4 rings (SSSR count). The maximum Gasteiger partial charge on any atom is 0.279 e. The third-order valence-electron chi connectivity index (χ3n) is 5.69. The van der Waals surface area contributed by atoms with Gasteiger partial charge in [0.15, 0.2) is 16.7 Å². The lowest BCUT2D eigenvalue weighted by Gasteiger charge is -2.28. The molecule has 1 aliphatic heterocycles. The molecule has 1 N–H and O–H groups in total. The smallest absolute Gasteiger partial charge is 0.279 e. The van der Waals surface area contributed by atoms with Crippen LogP contribution in [0.1, 0.15) is 34.6 Å². The first-order valence-corrected chi connectivity index (χ1v) is 11.7. The molecular weight excluding hydrogens is 450 g/mol. The monoisotopic (exact) mass is 475 g/mol. The van der Waals surface area contributed by atoms with Crippen LogP contribution in [-0.4, -0.2) is 29.2 Å². The van der Waals surface area contributed by atoms with Gasteiger partial charge in [0.1, 0.15) is 12.4 Å². The fourth-order valence-electron chi connectivity index (χ4n) is 3.92. The van der Waals surface area contributed by atoms with Crippen LogP contribution >= 0.6 is 11.8 Å². The van der Waals surface area contributed by atoms with E-state index in [1.165, 1.54) is 24.4 Å². The maximum absolute atomic E-state index is 13.2. The van der Waals surface area contributed by atoms with Crippen molar-refractivity contribution < 1.29 is 14.3 Å². The van der Waals surface area contributed by atoms with E-state index in [1.54, 1.807) is 16.7 Å². The van der Waals surface area contributed by atoms with Gasteiger partial charge in [-0.05, 0) is 30.2 Å². The number of carbonyl (C=O) groups excluding carboxylic acids is 1. The number of benzene rings is 2. The highest BCUT2D eigenvalue weighted by molar-refractivity contribution is 7.98. The molecule has 1 aliphatic rings. The quantitative estimate of drug-likeness (QED) is 0.317. The van der Waals surface area contributed by atoms with E-state index in [2.05, 4.69) is 40.5 Å². The standard InChI is InChI=1S/C26H25N3O4S/c1-5-12-33-20-11-10-18(13-21(20)32-4)19-14-22(30)27-24-23(19)25(31)28-26(29(24)3)34-15-17-8-6-16(2)7-9-17/h1,6-11,13,19H,12,14-15H2,2-4H3,(H,27,30)/t19-/m1/s1. The second-order valence-electron chi connectivity index (χ2n) is 8.00. The minimum Gasteiger partial charge on any atom is -0.493 e. The first kappa shape index (κ1) is 23.5. The minimum absolute atomic E-state index is 0.109. The Morgan fingerprint density at radius 2 is 1.97 bits per heavy atom. The largest absolute Gasteiger partial charge is 0.493 e. The van der Waals surface area contributed by atoms with Gasteiger partial charge in [-0.3, -0.25) is 9.59 Å². The van der Waals surface area contributed by atoms with Crippen LogP contribution in [0.4, 0.5) is 5.82 Å². The number of nitrogens with zero attached hydrogens (tertiary/aromatic N) is 2. The van der Waals surface area contributed by atoms with Crippen molar-refractivity contribution in [1.29, 1.82) is 0 Å². The molecule has 0 spiro atoms. The number of ether oxygens (including phenoxy) is 2. The van der Waals surface area contributed by atoms with Crippen molar-refractivity contribution in [2.24, 2.45) is 7.05 Å². The zero-order chi connectivity index (χ0) is 24.2. The summed E-state index contributed by atoms with van der Waals surface area (Å²) in [5.74, 6) is 3.91. The van der Waals surface area contributed by atoms with Gasteiger partial charge in [0.05, 0.1) is 12.7 Å². The first-order valence-electron chi connectivity index (χ1n) is 10.7. The van der Waals surface area contributed by atoms with Gasteiger partial charge < -0.3 is 19.4 Å². The average Bonchev–Trinajstić information content (AvgIpc) is 2.84. The molecule has 0 saturated heterocycles. The number of nitrogens with one attached hydrogen (secondary N) is 1. The van der Waals surface area contributed by atoms with E-state index in [1.807, 2.05) is 20.0 Å². The summed E-state index contributed by atoms with van der Waals surface area (Å²) in [5, 5.41) is 3.42. The van der Waals surface area contributed by atoms with E-state index < -0.39 is 5.92 Å². The molecule has 0 radical (unpaired) electrons. The molecule has 0 fully saturated rings. The molecule has 7 nitrogen and oxygen atoms in total. The van der Waals surface area contributed by atoms with Crippen molar-refractivity contribution in [1.82, 2.24) is 9.55 Å². The van der Waals surface area contributed by atoms with E-state index in [4.69, 9.17) is 15.9 Å². The molecule has 174 valence electrons. The number of aryl methyl sites for hydroxylation is 1. The van der Waals surface area contributed by atoms with Crippen LogP contribution in [0, 0.1) is 19.3 Å². The fraction of sp³-hybridized carbons (Fsp3) is 0.269. The summed E-state index contributed by atoms with van der Waals surface area (Å²) in [4.78, 5) is 30.2. The molecule has 0 bridgehead atoms. The van der Waals surface area contributed by atoms with Crippen molar-refractivity contribution in [3.05, 3.63) is 75.1 Å². The van der Waals surface area contributed by atoms with E-state index in [0.717, 1.165) is 11.1 Å². The average molecular weight is 476 g/mol. The number of aromatic nitrogens is 2. The first-order chi connectivity index (χ1) is 16.4. The van der Waals surface area contributed by atoms with Gasteiger partial charge in [-0.15, -0.1) is 6.42 Å². The zero-order valence-corrected chi connectivity index (χ0v) is 20.1. The molecular formula is C26H25N3O4S. The molecule has 3 aromatic rings. The Hall–Kier alpha value is -3.70. The highest BCUT2D eigenvalue weighted by atomic mass is 32.2. The molecule has 1 atom stereocenters. The second-order valence-corrected chi connectivity index (χ2v) is 8.95. The number of rotatable bonds is 7. The molecule has 1 amide bonds. The molecule has 2 heterocycles. The summed E-state index contributed by atoms with van der Waals surface area (Å²) in [5.41, 5.74) is 3.19. The summed E-state index contributed by atoms with van der Waals surface area (Å²) in [7, 11) is 3.34. The molecule has 0 aliphatic carbocycles. The maximum atomic E-state index is 13.2. The van der Waals surface area contributed by atoms with Gasteiger partial charge in [0.25, 0.3) is 5.56 Å². The highest BCUT2D eigenvalue weighted by Gasteiger charge is 2.32. The van der Waals surface area contributed by atoms with Gasteiger partial charge in [-0.1, -0.05) is 53.6 Å². The predicted octanol–water partition coefficient (Wildman–Crippen LogP) is 3.88. The number of carbonyl (C=O) groups is 1. The van der Waals surface area contributed by atoms with Crippen LogP contribution in [0.15, 0.2) is 52.4 Å².